The molecule has 2 heterocycles. The van der Waals surface area contributed by atoms with E-state index in [1.807, 2.05) is 6.07 Å². The van der Waals surface area contributed by atoms with Gasteiger partial charge in [-0.1, -0.05) is 0 Å². The van der Waals surface area contributed by atoms with Crippen molar-refractivity contribution in [1.29, 1.82) is 0 Å². The first kappa shape index (κ1) is 15.1. The highest BCUT2D eigenvalue weighted by Crippen LogP contribution is 2.25. The van der Waals surface area contributed by atoms with Crippen LogP contribution in [0.5, 0.6) is 5.88 Å². The van der Waals surface area contributed by atoms with Crippen LogP contribution in [0.2, 0.25) is 0 Å². The van der Waals surface area contributed by atoms with Crippen molar-refractivity contribution in [3.63, 3.8) is 0 Å². The van der Waals surface area contributed by atoms with E-state index >= 15 is 0 Å². The number of amides is 1. The molecular weight excluding hydrogens is 280 g/mol. The first-order chi connectivity index (χ1) is 10.7. The van der Waals surface area contributed by atoms with Crippen molar-refractivity contribution in [3.05, 3.63) is 12.4 Å². The van der Waals surface area contributed by atoms with Crippen molar-refractivity contribution >= 4 is 11.7 Å². The van der Waals surface area contributed by atoms with Gasteiger partial charge < -0.3 is 15.0 Å². The van der Waals surface area contributed by atoms with Crippen LogP contribution in [0.4, 0.5) is 5.82 Å². The van der Waals surface area contributed by atoms with E-state index in [1.165, 1.54) is 12.7 Å². The molecule has 0 bridgehead atoms. The molecule has 120 valence electrons. The normalized spacial score (nSPS) is 19.6. The molecule has 1 aromatic rings. The Morgan fingerprint density at radius 2 is 2.09 bits per heavy atom. The molecule has 2 fully saturated rings. The summed E-state index contributed by atoms with van der Waals surface area (Å²) in [5, 5.41) is 3.13. The summed E-state index contributed by atoms with van der Waals surface area (Å²) in [6.07, 6.45) is 7.82. The van der Waals surface area contributed by atoms with Crippen molar-refractivity contribution < 1.29 is 9.53 Å². The number of nitrogens with zero attached hydrogens (tertiary/aromatic N) is 3. The standard InChI is InChI=1S/C16H24N4O2/c1-22-16-10-14(17-11-18-16)20-7-5-12(6-8-20)9-15(21)19-13-3-2-4-13/h10-13H,2-9H2,1H3,(H,19,21). The van der Waals surface area contributed by atoms with E-state index in [1.54, 1.807) is 7.11 Å². The summed E-state index contributed by atoms with van der Waals surface area (Å²) in [6.45, 7) is 1.86. The van der Waals surface area contributed by atoms with Crippen LogP contribution in [-0.2, 0) is 4.79 Å². The van der Waals surface area contributed by atoms with Crippen molar-refractivity contribution in [1.82, 2.24) is 15.3 Å². The SMILES string of the molecule is COc1cc(N2CCC(CC(=O)NC3CCC3)CC2)ncn1. The number of hydrogen-bond acceptors (Lipinski definition) is 5. The maximum atomic E-state index is 12.0. The van der Waals surface area contributed by atoms with Gasteiger partial charge in [-0.2, -0.15) is 0 Å². The number of carbonyl (C=O) groups is 1. The average molecular weight is 304 g/mol. The second-order valence-corrected chi connectivity index (χ2v) is 6.25. The molecule has 0 radical (unpaired) electrons. The average Bonchev–Trinajstić information content (AvgIpc) is 2.52. The van der Waals surface area contributed by atoms with E-state index in [-0.39, 0.29) is 5.91 Å². The summed E-state index contributed by atoms with van der Waals surface area (Å²) >= 11 is 0. The predicted molar refractivity (Wildman–Crippen MR) is 83.9 cm³/mol. The van der Waals surface area contributed by atoms with Crippen molar-refractivity contribution in [2.45, 2.75) is 44.6 Å². The minimum absolute atomic E-state index is 0.229. The minimum Gasteiger partial charge on any atom is -0.481 e. The van der Waals surface area contributed by atoms with E-state index in [2.05, 4.69) is 20.2 Å². The Balaban J connectivity index is 1.46. The molecule has 1 aliphatic carbocycles. The molecule has 6 heteroatoms. The highest BCUT2D eigenvalue weighted by Gasteiger charge is 2.25. The van der Waals surface area contributed by atoms with Gasteiger partial charge in [0.2, 0.25) is 11.8 Å². The second-order valence-electron chi connectivity index (χ2n) is 6.25. The summed E-state index contributed by atoms with van der Waals surface area (Å²) in [5.74, 6) is 2.21. The molecule has 1 aliphatic heterocycles. The maximum absolute atomic E-state index is 12.0. The second kappa shape index (κ2) is 6.94. The molecule has 1 saturated carbocycles. The molecule has 1 aromatic heterocycles. The molecule has 1 saturated heterocycles. The molecule has 0 spiro atoms. The number of rotatable bonds is 5. The first-order valence-corrected chi connectivity index (χ1v) is 8.15. The van der Waals surface area contributed by atoms with Gasteiger partial charge in [-0.25, -0.2) is 9.97 Å². The molecule has 0 atom stereocenters. The number of nitrogens with one attached hydrogen (secondary N) is 1. The number of piperidine rings is 1. The molecule has 0 aromatic carbocycles. The van der Waals surface area contributed by atoms with Crippen LogP contribution >= 0.6 is 0 Å². The largest absolute Gasteiger partial charge is 0.481 e. The lowest BCUT2D eigenvalue weighted by Crippen LogP contribution is -2.41. The van der Waals surface area contributed by atoms with E-state index in [0.717, 1.165) is 44.6 Å². The predicted octanol–water partition coefficient (Wildman–Crippen LogP) is 1.76. The van der Waals surface area contributed by atoms with E-state index in [9.17, 15) is 4.79 Å². The lowest BCUT2D eigenvalue weighted by atomic mass is 9.90. The quantitative estimate of drug-likeness (QED) is 0.898. The third-order valence-electron chi connectivity index (χ3n) is 4.72. The summed E-state index contributed by atoms with van der Waals surface area (Å²) in [5.41, 5.74) is 0. The highest BCUT2D eigenvalue weighted by atomic mass is 16.5. The third-order valence-corrected chi connectivity index (χ3v) is 4.72. The Bertz CT molecular complexity index is 511. The van der Waals surface area contributed by atoms with E-state index in [0.29, 0.717) is 24.3 Å². The van der Waals surface area contributed by atoms with Gasteiger partial charge in [0.25, 0.3) is 0 Å². The number of ether oxygens (including phenoxy) is 1. The highest BCUT2D eigenvalue weighted by molar-refractivity contribution is 5.76. The van der Waals surface area contributed by atoms with Gasteiger partial charge in [-0.05, 0) is 38.0 Å². The van der Waals surface area contributed by atoms with Crippen LogP contribution in [0.3, 0.4) is 0 Å². The van der Waals surface area contributed by atoms with E-state index < -0.39 is 0 Å². The number of hydrogen-bond donors (Lipinski definition) is 1. The van der Waals surface area contributed by atoms with Gasteiger partial charge in [0.05, 0.1) is 7.11 Å². The third kappa shape index (κ3) is 3.67. The first-order valence-electron chi connectivity index (χ1n) is 8.15. The van der Waals surface area contributed by atoms with Crippen LogP contribution in [-0.4, -0.2) is 42.1 Å². The number of methoxy groups -OCH3 is 1. The summed E-state index contributed by atoms with van der Waals surface area (Å²) < 4.78 is 5.14. The van der Waals surface area contributed by atoms with Crippen LogP contribution in [0.15, 0.2) is 12.4 Å². The molecule has 1 amide bonds. The topological polar surface area (TPSA) is 67.3 Å². The van der Waals surface area contributed by atoms with Crippen LogP contribution in [0, 0.1) is 5.92 Å². The lowest BCUT2D eigenvalue weighted by molar-refractivity contribution is -0.123. The lowest BCUT2D eigenvalue weighted by Gasteiger charge is -2.33. The fourth-order valence-corrected chi connectivity index (χ4v) is 3.08. The summed E-state index contributed by atoms with van der Waals surface area (Å²) in [6, 6.07) is 2.31. The van der Waals surface area contributed by atoms with Crippen LogP contribution < -0.4 is 15.0 Å². The van der Waals surface area contributed by atoms with Crippen molar-refractivity contribution in [3.8, 4) is 5.88 Å². The molecule has 0 unspecified atom stereocenters. The Kier molecular flexibility index (Phi) is 4.75. The van der Waals surface area contributed by atoms with E-state index in [4.69, 9.17) is 4.74 Å². The molecule has 22 heavy (non-hydrogen) atoms. The van der Waals surface area contributed by atoms with Crippen LogP contribution in [0.25, 0.3) is 0 Å². The van der Waals surface area contributed by atoms with Gasteiger partial charge >= 0.3 is 0 Å². The van der Waals surface area contributed by atoms with Gasteiger partial charge in [-0.3, -0.25) is 4.79 Å². The smallest absolute Gasteiger partial charge is 0.220 e. The molecular formula is C16H24N4O2. The Morgan fingerprint density at radius 3 is 2.73 bits per heavy atom. The Labute approximate surface area is 131 Å². The molecule has 2 aliphatic rings. The molecule has 3 rings (SSSR count). The number of aromatic nitrogens is 2. The van der Waals surface area contributed by atoms with Gasteiger partial charge in [-0.15, -0.1) is 0 Å². The van der Waals surface area contributed by atoms with Crippen LogP contribution in [0.1, 0.15) is 38.5 Å². The number of carbonyl (C=O) groups excluding carboxylic acids is 1. The Morgan fingerprint density at radius 1 is 1.32 bits per heavy atom. The zero-order valence-electron chi connectivity index (χ0n) is 13.1. The molecule has 1 N–H and O–H groups in total. The Hall–Kier alpha value is -1.85. The minimum atomic E-state index is 0.229. The van der Waals surface area contributed by atoms with Gasteiger partial charge in [0, 0.05) is 31.6 Å². The van der Waals surface area contributed by atoms with Crippen molar-refractivity contribution in [2.75, 3.05) is 25.1 Å². The fourth-order valence-electron chi connectivity index (χ4n) is 3.08. The van der Waals surface area contributed by atoms with Gasteiger partial charge in [0.1, 0.15) is 12.1 Å². The summed E-state index contributed by atoms with van der Waals surface area (Å²) in [4.78, 5) is 22.6. The molecule has 6 nitrogen and oxygen atoms in total. The maximum Gasteiger partial charge on any atom is 0.220 e. The fraction of sp³-hybridized carbons (Fsp3) is 0.688. The zero-order chi connectivity index (χ0) is 15.4. The monoisotopic (exact) mass is 304 g/mol. The van der Waals surface area contributed by atoms with Crippen molar-refractivity contribution in [2.24, 2.45) is 5.92 Å². The zero-order valence-corrected chi connectivity index (χ0v) is 13.1. The summed E-state index contributed by atoms with van der Waals surface area (Å²) in [7, 11) is 1.61. The number of anilines is 1. The van der Waals surface area contributed by atoms with Gasteiger partial charge in [0.15, 0.2) is 0 Å².